The van der Waals surface area contributed by atoms with E-state index in [2.05, 4.69) is 5.32 Å². The summed E-state index contributed by atoms with van der Waals surface area (Å²) in [4.78, 5) is 12.1. The van der Waals surface area contributed by atoms with E-state index in [1.165, 1.54) is 12.8 Å². The number of rotatable bonds is 3. The smallest absolute Gasteiger partial charge is 0.230 e. The monoisotopic (exact) mass is 201 g/mol. The van der Waals surface area contributed by atoms with Crippen molar-refractivity contribution in [3.63, 3.8) is 0 Å². The van der Waals surface area contributed by atoms with Crippen LogP contribution in [0.25, 0.3) is 0 Å². The Bertz CT molecular complexity index is 377. The number of amides is 1. The second-order valence-electron chi connectivity index (χ2n) is 4.75. The van der Waals surface area contributed by atoms with Crippen LogP contribution in [0.15, 0.2) is 30.3 Å². The van der Waals surface area contributed by atoms with Crippen molar-refractivity contribution >= 4 is 11.6 Å². The van der Waals surface area contributed by atoms with Gasteiger partial charge in [0.25, 0.3) is 0 Å². The van der Waals surface area contributed by atoms with Gasteiger partial charge in [0.05, 0.1) is 5.41 Å². The third-order valence-corrected chi connectivity index (χ3v) is 3.63. The Hall–Kier alpha value is -1.31. The molecule has 15 heavy (non-hydrogen) atoms. The molecule has 1 aromatic carbocycles. The molecule has 0 saturated heterocycles. The van der Waals surface area contributed by atoms with E-state index in [1.807, 2.05) is 30.3 Å². The Morgan fingerprint density at radius 1 is 1.20 bits per heavy atom. The van der Waals surface area contributed by atoms with Crippen LogP contribution >= 0.6 is 0 Å². The van der Waals surface area contributed by atoms with E-state index in [-0.39, 0.29) is 11.3 Å². The predicted octanol–water partition coefficient (Wildman–Crippen LogP) is 2.82. The fraction of sp³-hybridized carbons (Fsp3) is 0.462. The number of carbonyl (C=O) groups excluding carboxylic acids is 1. The first-order valence-electron chi connectivity index (χ1n) is 5.68. The van der Waals surface area contributed by atoms with Crippen molar-refractivity contribution in [1.82, 2.24) is 0 Å². The molecule has 2 aliphatic carbocycles. The maximum atomic E-state index is 12.1. The molecule has 0 heterocycles. The van der Waals surface area contributed by atoms with Gasteiger partial charge in [-0.15, -0.1) is 0 Å². The van der Waals surface area contributed by atoms with Crippen molar-refractivity contribution in [3.05, 3.63) is 30.3 Å². The average molecular weight is 201 g/mol. The van der Waals surface area contributed by atoms with Gasteiger partial charge >= 0.3 is 0 Å². The van der Waals surface area contributed by atoms with Crippen molar-refractivity contribution in [2.45, 2.75) is 25.7 Å². The number of benzene rings is 1. The van der Waals surface area contributed by atoms with Crippen LogP contribution in [0.5, 0.6) is 0 Å². The van der Waals surface area contributed by atoms with E-state index >= 15 is 0 Å². The average Bonchev–Trinajstić information content (AvgIpc) is 3.11. The Morgan fingerprint density at radius 2 is 1.87 bits per heavy atom. The van der Waals surface area contributed by atoms with Gasteiger partial charge in [0.2, 0.25) is 5.91 Å². The molecule has 0 aliphatic heterocycles. The quantitative estimate of drug-likeness (QED) is 0.800. The van der Waals surface area contributed by atoms with Crippen molar-refractivity contribution < 1.29 is 4.79 Å². The number of carbonyl (C=O) groups is 1. The molecule has 2 saturated carbocycles. The minimum atomic E-state index is 0.0237. The zero-order chi connectivity index (χ0) is 10.3. The van der Waals surface area contributed by atoms with Gasteiger partial charge in [-0.1, -0.05) is 18.2 Å². The highest BCUT2D eigenvalue weighted by molar-refractivity contribution is 5.97. The standard InChI is InChI=1S/C13H15NO/c15-12(13(8-9-13)10-6-7-10)14-11-4-2-1-3-5-11/h1-5,10H,6-9H2,(H,14,15). The molecule has 2 aliphatic rings. The number of para-hydroxylation sites is 1. The molecule has 1 N–H and O–H groups in total. The maximum Gasteiger partial charge on any atom is 0.230 e. The maximum absolute atomic E-state index is 12.1. The summed E-state index contributed by atoms with van der Waals surface area (Å²) in [6, 6.07) is 9.75. The van der Waals surface area contributed by atoms with Crippen LogP contribution in [0.4, 0.5) is 5.69 Å². The highest BCUT2D eigenvalue weighted by atomic mass is 16.2. The molecule has 0 bridgehead atoms. The van der Waals surface area contributed by atoms with Crippen LogP contribution < -0.4 is 5.32 Å². The summed E-state index contributed by atoms with van der Waals surface area (Å²) >= 11 is 0. The number of nitrogens with one attached hydrogen (secondary N) is 1. The van der Waals surface area contributed by atoms with Crippen molar-refractivity contribution in [3.8, 4) is 0 Å². The lowest BCUT2D eigenvalue weighted by atomic mass is 9.99. The molecule has 0 unspecified atom stereocenters. The first-order chi connectivity index (χ1) is 7.31. The number of hydrogen-bond acceptors (Lipinski definition) is 1. The number of anilines is 1. The molecule has 2 heteroatoms. The van der Waals surface area contributed by atoms with Crippen LogP contribution in [0.3, 0.4) is 0 Å². The molecule has 1 aromatic rings. The van der Waals surface area contributed by atoms with Gasteiger partial charge in [-0.05, 0) is 43.7 Å². The van der Waals surface area contributed by atoms with Crippen LogP contribution in [-0.2, 0) is 4.79 Å². The van der Waals surface area contributed by atoms with E-state index in [0.29, 0.717) is 5.92 Å². The van der Waals surface area contributed by atoms with Crippen LogP contribution in [0, 0.1) is 11.3 Å². The van der Waals surface area contributed by atoms with Gasteiger partial charge in [0.15, 0.2) is 0 Å². The van der Waals surface area contributed by atoms with Crippen molar-refractivity contribution in [1.29, 1.82) is 0 Å². The number of hydrogen-bond donors (Lipinski definition) is 1. The van der Waals surface area contributed by atoms with E-state index in [1.54, 1.807) is 0 Å². The Labute approximate surface area is 89.7 Å². The van der Waals surface area contributed by atoms with Crippen LogP contribution in [-0.4, -0.2) is 5.91 Å². The zero-order valence-corrected chi connectivity index (χ0v) is 8.70. The van der Waals surface area contributed by atoms with E-state index in [9.17, 15) is 4.79 Å². The SMILES string of the molecule is O=C(Nc1ccccc1)C1(C2CC2)CC1. The van der Waals surface area contributed by atoms with Gasteiger partial charge in [-0.2, -0.15) is 0 Å². The Balaban J connectivity index is 1.71. The summed E-state index contributed by atoms with van der Waals surface area (Å²) in [5.41, 5.74) is 0.949. The second-order valence-corrected chi connectivity index (χ2v) is 4.75. The topological polar surface area (TPSA) is 29.1 Å². The summed E-state index contributed by atoms with van der Waals surface area (Å²) in [6.45, 7) is 0. The molecule has 0 aromatic heterocycles. The minimum absolute atomic E-state index is 0.0237. The molecule has 1 amide bonds. The van der Waals surface area contributed by atoms with Gasteiger partial charge < -0.3 is 5.32 Å². The second kappa shape index (κ2) is 3.09. The summed E-state index contributed by atoms with van der Waals surface area (Å²) in [5.74, 6) is 0.928. The summed E-state index contributed by atoms with van der Waals surface area (Å²) in [7, 11) is 0. The van der Waals surface area contributed by atoms with E-state index in [0.717, 1.165) is 18.5 Å². The summed E-state index contributed by atoms with van der Waals surface area (Å²) < 4.78 is 0. The van der Waals surface area contributed by atoms with Gasteiger partial charge in [-0.3, -0.25) is 4.79 Å². The molecular formula is C13H15NO. The van der Waals surface area contributed by atoms with Gasteiger partial charge in [-0.25, -0.2) is 0 Å². The first-order valence-corrected chi connectivity index (χ1v) is 5.68. The largest absolute Gasteiger partial charge is 0.326 e. The van der Waals surface area contributed by atoms with Crippen molar-refractivity contribution in [2.24, 2.45) is 11.3 Å². The van der Waals surface area contributed by atoms with E-state index < -0.39 is 0 Å². The highest BCUT2D eigenvalue weighted by Crippen LogP contribution is 2.61. The normalized spacial score (nSPS) is 22.1. The Morgan fingerprint density at radius 3 is 2.40 bits per heavy atom. The lowest BCUT2D eigenvalue weighted by Crippen LogP contribution is -2.25. The highest BCUT2D eigenvalue weighted by Gasteiger charge is 2.59. The van der Waals surface area contributed by atoms with Gasteiger partial charge in [0, 0.05) is 5.69 Å². The lowest BCUT2D eigenvalue weighted by molar-refractivity contribution is -0.121. The molecule has 2 nitrogen and oxygen atoms in total. The lowest BCUT2D eigenvalue weighted by Gasteiger charge is -2.13. The third-order valence-electron chi connectivity index (χ3n) is 3.63. The summed E-state index contributed by atoms with van der Waals surface area (Å²) in [5, 5.41) is 3.03. The zero-order valence-electron chi connectivity index (χ0n) is 8.70. The van der Waals surface area contributed by atoms with Crippen molar-refractivity contribution in [2.75, 3.05) is 5.32 Å². The molecule has 0 spiro atoms. The van der Waals surface area contributed by atoms with Crippen LogP contribution in [0.2, 0.25) is 0 Å². The van der Waals surface area contributed by atoms with Crippen LogP contribution in [0.1, 0.15) is 25.7 Å². The fourth-order valence-corrected chi connectivity index (χ4v) is 2.37. The molecule has 0 radical (unpaired) electrons. The predicted molar refractivity (Wildman–Crippen MR) is 59.5 cm³/mol. The first kappa shape index (κ1) is 8.96. The Kier molecular flexibility index (Phi) is 1.84. The third kappa shape index (κ3) is 1.54. The van der Waals surface area contributed by atoms with E-state index in [4.69, 9.17) is 0 Å². The molecule has 3 rings (SSSR count). The summed E-state index contributed by atoms with van der Waals surface area (Å²) in [6.07, 6.45) is 4.69. The molecule has 0 atom stereocenters. The molecular weight excluding hydrogens is 186 g/mol. The fourth-order valence-electron chi connectivity index (χ4n) is 2.37. The minimum Gasteiger partial charge on any atom is -0.326 e. The molecule has 78 valence electrons. The van der Waals surface area contributed by atoms with Gasteiger partial charge in [0.1, 0.15) is 0 Å². The molecule has 2 fully saturated rings.